The lowest BCUT2D eigenvalue weighted by Gasteiger charge is -2.06. The first-order valence-electron chi connectivity index (χ1n) is 4.05. The zero-order valence-corrected chi connectivity index (χ0v) is 8.44. The van der Waals surface area contributed by atoms with Gasteiger partial charge in [0.2, 0.25) is 6.10 Å². The van der Waals surface area contributed by atoms with Gasteiger partial charge in [-0.2, -0.15) is 0 Å². The molecule has 0 saturated heterocycles. The molecule has 0 heterocycles. The molecule has 5 heteroatoms. The van der Waals surface area contributed by atoms with Crippen LogP contribution in [-0.4, -0.2) is 36.9 Å². The highest BCUT2D eigenvalue weighted by Crippen LogP contribution is 1.94. The molecule has 0 amide bonds. The van der Waals surface area contributed by atoms with Crippen LogP contribution >= 0.6 is 0 Å². The van der Waals surface area contributed by atoms with E-state index in [0.29, 0.717) is 0 Å². The Labute approximate surface area is 82.3 Å². The summed E-state index contributed by atoms with van der Waals surface area (Å²) in [5.41, 5.74) is 0.977. The molecule has 0 aliphatic rings. The maximum Gasteiger partial charge on any atom is 0.347 e. The Balaban J connectivity index is 3.97. The normalized spacial score (nSPS) is 11.4. The highest BCUT2D eigenvalue weighted by molar-refractivity contribution is 5.97. The Kier molecular flexibility index (Phi) is 5.55. The predicted molar refractivity (Wildman–Crippen MR) is 48.4 cm³/mol. The Hall–Kier alpha value is -1.36. The third kappa shape index (κ3) is 4.61. The van der Waals surface area contributed by atoms with Gasteiger partial charge in [0, 0.05) is 0 Å². The minimum atomic E-state index is -1.86. The van der Waals surface area contributed by atoms with Crippen molar-refractivity contribution in [3.05, 3.63) is 11.6 Å². The summed E-state index contributed by atoms with van der Waals surface area (Å²) in [6, 6.07) is 0. The topological polar surface area (TPSA) is 72.8 Å². The quantitative estimate of drug-likeness (QED) is 0.395. The fraction of sp³-hybridized carbons (Fsp3) is 0.556. The summed E-state index contributed by atoms with van der Waals surface area (Å²) in [7, 11) is 1.08. The van der Waals surface area contributed by atoms with Crippen molar-refractivity contribution in [2.45, 2.75) is 20.0 Å². The number of aliphatic hydroxyl groups excluding tert-OH is 1. The van der Waals surface area contributed by atoms with Gasteiger partial charge in [-0.05, 0) is 19.9 Å². The molecule has 0 bridgehead atoms. The van der Waals surface area contributed by atoms with Gasteiger partial charge >= 0.3 is 11.9 Å². The highest BCUT2D eigenvalue weighted by atomic mass is 16.6. The minimum Gasteiger partial charge on any atom is -0.467 e. The van der Waals surface area contributed by atoms with Gasteiger partial charge in [0.1, 0.15) is 6.61 Å². The van der Waals surface area contributed by atoms with Crippen molar-refractivity contribution in [2.75, 3.05) is 13.7 Å². The Morgan fingerprint density at radius 1 is 1.36 bits per heavy atom. The number of carbonyl (C=O) groups is 2. The molecule has 0 radical (unpaired) electrons. The first-order valence-corrected chi connectivity index (χ1v) is 4.05. The van der Waals surface area contributed by atoms with Gasteiger partial charge in [0.05, 0.1) is 7.11 Å². The van der Waals surface area contributed by atoms with Crippen molar-refractivity contribution in [1.29, 1.82) is 0 Å². The largest absolute Gasteiger partial charge is 0.467 e. The molecule has 1 unspecified atom stereocenters. The van der Waals surface area contributed by atoms with E-state index in [4.69, 9.17) is 5.11 Å². The number of carbonyl (C=O) groups excluding carboxylic acids is 2. The summed E-state index contributed by atoms with van der Waals surface area (Å²) in [6.07, 6.45) is -0.201. The number of ether oxygens (including phenoxy) is 2. The second-order valence-electron chi connectivity index (χ2n) is 2.84. The van der Waals surface area contributed by atoms with Crippen LogP contribution in [0, 0.1) is 0 Å². The van der Waals surface area contributed by atoms with E-state index in [1.165, 1.54) is 0 Å². The first kappa shape index (κ1) is 12.6. The van der Waals surface area contributed by atoms with Crippen LogP contribution in [0.3, 0.4) is 0 Å². The van der Waals surface area contributed by atoms with Gasteiger partial charge in [0.25, 0.3) is 0 Å². The molecule has 1 atom stereocenters. The number of allylic oxidation sites excluding steroid dienone is 1. The molecule has 5 nitrogen and oxygen atoms in total. The molecule has 0 aromatic rings. The van der Waals surface area contributed by atoms with Crippen molar-refractivity contribution in [3.63, 3.8) is 0 Å². The zero-order chi connectivity index (χ0) is 11.1. The lowest BCUT2D eigenvalue weighted by molar-refractivity contribution is -0.166. The van der Waals surface area contributed by atoms with Crippen LogP contribution in [0.2, 0.25) is 0 Å². The molecule has 0 aliphatic carbocycles. The van der Waals surface area contributed by atoms with E-state index in [9.17, 15) is 9.59 Å². The molecule has 0 spiro atoms. The molecule has 1 N–H and O–H groups in total. The van der Waals surface area contributed by atoms with Gasteiger partial charge in [-0.25, -0.2) is 9.59 Å². The van der Waals surface area contributed by atoms with Crippen molar-refractivity contribution >= 4 is 11.9 Å². The van der Waals surface area contributed by atoms with Gasteiger partial charge in [-0.1, -0.05) is 5.57 Å². The van der Waals surface area contributed by atoms with Crippen LogP contribution < -0.4 is 0 Å². The lowest BCUT2D eigenvalue weighted by Crippen LogP contribution is -2.32. The molecule has 0 saturated carbocycles. The van der Waals surface area contributed by atoms with E-state index in [1.54, 1.807) is 6.08 Å². The molecule has 14 heavy (non-hydrogen) atoms. The fourth-order valence-electron chi connectivity index (χ4n) is 0.577. The molecule has 80 valence electrons. The predicted octanol–water partition coefficient (Wildman–Crippen LogP) is 0.0297. The zero-order valence-electron chi connectivity index (χ0n) is 8.44. The first-order chi connectivity index (χ1) is 6.49. The number of hydrogen-bond acceptors (Lipinski definition) is 5. The summed E-state index contributed by atoms with van der Waals surface area (Å²) < 4.78 is 8.73. The summed E-state index contributed by atoms with van der Waals surface area (Å²) in [5.74, 6) is -2.03. The fourth-order valence-corrected chi connectivity index (χ4v) is 0.577. The second-order valence-corrected chi connectivity index (χ2v) is 2.84. The highest BCUT2D eigenvalue weighted by Gasteiger charge is 2.25. The average Bonchev–Trinajstić information content (AvgIpc) is 2.14. The van der Waals surface area contributed by atoms with Crippen LogP contribution in [-0.2, 0) is 19.1 Å². The van der Waals surface area contributed by atoms with Crippen molar-refractivity contribution in [1.82, 2.24) is 0 Å². The van der Waals surface area contributed by atoms with Crippen molar-refractivity contribution < 1.29 is 24.2 Å². The monoisotopic (exact) mass is 202 g/mol. The van der Waals surface area contributed by atoms with Crippen LogP contribution in [0.25, 0.3) is 0 Å². The molecular formula is C9H14O5. The van der Waals surface area contributed by atoms with Crippen LogP contribution in [0.4, 0.5) is 0 Å². The number of methoxy groups -OCH3 is 1. The van der Waals surface area contributed by atoms with Crippen molar-refractivity contribution in [3.8, 4) is 0 Å². The maximum atomic E-state index is 10.9. The minimum absolute atomic E-state index is 0.0369. The van der Waals surface area contributed by atoms with E-state index in [0.717, 1.165) is 12.7 Å². The van der Waals surface area contributed by atoms with Gasteiger partial charge in [-0.15, -0.1) is 0 Å². The maximum absolute atomic E-state index is 10.9. The van der Waals surface area contributed by atoms with Gasteiger partial charge < -0.3 is 14.6 Å². The third-order valence-electron chi connectivity index (χ3n) is 1.36. The Morgan fingerprint density at radius 3 is 2.36 bits per heavy atom. The van der Waals surface area contributed by atoms with Crippen molar-refractivity contribution in [2.24, 2.45) is 0 Å². The molecule has 0 aromatic carbocycles. The number of hydrogen-bond donors (Lipinski definition) is 1. The van der Waals surface area contributed by atoms with Gasteiger partial charge in [0.15, 0.2) is 0 Å². The summed E-state index contributed by atoms with van der Waals surface area (Å²) in [4.78, 5) is 21.6. The molecule has 0 rings (SSSR count). The van der Waals surface area contributed by atoms with Crippen LogP contribution in [0.5, 0.6) is 0 Å². The van der Waals surface area contributed by atoms with E-state index in [1.807, 2.05) is 13.8 Å². The summed E-state index contributed by atoms with van der Waals surface area (Å²) in [5, 5.41) is 8.98. The van der Waals surface area contributed by atoms with Crippen LogP contribution in [0.15, 0.2) is 11.6 Å². The average molecular weight is 202 g/mol. The Bertz CT molecular complexity index is 240. The summed E-state index contributed by atoms with van der Waals surface area (Å²) in [6.45, 7) is 3.71. The second kappa shape index (κ2) is 6.15. The molecule has 0 fully saturated rings. The number of rotatable bonds is 4. The number of esters is 2. The molecular weight excluding hydrogens is 188 g/mol. The lowest BCUT2D eigenvalue weighted by atomic mass is 10.3. The smallest absolute Gasteiger partial charge is 0.347 e. The summed E-state index contributed by atoms with van der Waals surface area (Å²) >= 11 is 0. The third-order valence-corrected chi connectivity index (χ3v) is 1.36. The van der Waals surface area contributed by atoms with E-state index >= 15 is 0 Å². The van der Waals surface area contributed by atoms with E-state index in [-0.39, 0.29) is 6.61 Å². The standard InChI is InChI=1S/C9H14O5/c1-6(2)4-5-14-9(12)7(10)8(11)13-3/h4,7,10H,5H2,1-3H3. The number of aliphatic hydroxyl groups is 1. The SMILES string of the molecule is COC(=O)C(O)C(=O)OCC=C(C)C. The van der Waals surface area contributed by atoms with Gasteiger partial charge in [-0.3, -0.25) is 0 Å². The van der Waals surface area contributed by atoms with E-state index in [2.05, 4.69) is 9.47 Å². The molecule has 0 aromatic heterocycles. The van der Waals surface area contributed by atoms with E-state index < -0.39 is 18.0 Å². The van der Waals surface area contributed by atoms with Crippen LogP contribution in [0.1, 0.15) is 13.8 Å². The molecule has 0 aliphatic heterocycles. The Morgan fingerprint density at radius 2 is 1.93 bits per heavy atom.